The van der Waals surface area contributed by atoms with Crippen LogP contribution < -0.4 is 0 Å². The number of hydrogen-bond donors (Lipinski definition) is 0. The van der Waals surface area contributed by atoms with Gasteiger partial charge in [0.25, 0.3) is 0 Å². The molecule has 0 saturated heterocycles. The molecule has 19 heavy (non-hydrogen) atoms. The molecule has 0 radical (unpaired) electrons. The van der Waals surface area contributed by atoms with Crippen molar-refractivity contribution in [1.29, 1.82) is 0 Å². The van der Waals surface area contributed by atoms with Crippen molar-refractivity contribution in [3.63, 3.8) is 0 Å². The van der Waals surface area contributed by atoms with Crippen LogP contribution in [0.4, 0.5) is 0 Å². The van der Waals surface area contributed by atoms with Gasteiger partial charge in [-0.1, -0.05) is 65.2 Å². The maximum atomic E-state index is 10.4. The third kappa shape index (κ3) is 13.6. The van der Waals surface area contributed by atoms with Crippen molar-refractivity contribution < 1.29 is 9.53 Å². The molecule has 0 rings (SSSR count). The van der Waals surface area contributed by atoms with Crippen molar-refractivity contribution in [3.8, 4) is 0 Å². The molecule has 0 aromatic carbocycles. The van der Waals surface area contributed by atoms with Crippen molar-refractivity contribution in [1.82, 2.24) is 0 Å². The molecular weight excluding hydrogens is 238 g/mol. The van der Waals surface area contributed by atoms with Gasteiger partial charge >= 0.3 is 0 Å². The second kappa shape index (κ2) is 15.4. The van der Waals surface area contributed by atoms with Crippen LogP contribution in [0.3, 0.4) is 0 Å². The molecule has 0 aromatic heterocycles. The summed E-state index contributed by atoms with van der Waals surface area (Å²) in [5, 5.41) is 0. The van der Waals surface area contributed by atoms with Gasteiger partial charge in [0.2, 0.25) is 6.08 Å². The van der Waals surface area contributed by atoms with Gasteiger partial charge in [-0.05, 0) is 19.3 Å². The van der Waals surface area contributed by atoms with Gasteiger partial charge in [-0.2, -0.15) is 4.99 Å². The van der Waals surface area contributed by atoms with Gasteiger partial charge in [0, 0.05) is 6.61 Å². The van der Waals surface area contributed by atoms with Crippen molar-refractivity contribution in [2.45, 2.75) is 90.7 Å². The normalized spacial score (nSPS) is 12.1. The van der Waals surface area contributed by atoms with Crippen molar-refractivity contribution in [3.05, 3.63) is 0 Å². The predicted octanol–water partition coefficient (Wildman–Crippen LogP) is 5.00. The molecule has 0 fully saturated rings. The summed E-state index contributed by atoms with van der Waals surface area (Å²) >= 11 is 0. The smallest absolute Gasteiger partial charge is 0.237 e. The first-order valence-corrected chi connectivity index (χ1v) is 8.03. The van der Waals surface area contributed by atoms with Crippen molar-refractivity contribution in [2.75, 3.05) is 6.61 Å². The monoisotopic (exact) mass is 269 g/mol. The molecule has 1 atom stereocenters. The molecule has 0 bridgehead atoms. The van der Waals surface area contributed by atoms with Crippen LogP contribution in [0.25, 0.3) is 0 Å². The van der Waals surface area contributed by atoms with Gasteiger partial charge in [-0.3, -0.25) is 0 Å². The number of carbonyl (C=O) groups excluding carboxylic acids is 1. The SMILES string of the molecule is CCCCCCCOC(CCCCCCC)N=C=O. The lowest BCUT2D eigenvalue weighted by atomic mass is 10.1. The molecule has 0 heterocycles. The molecule has 0 aliphatic rings. The summed E-state index contributed by atoms with van der Waals surface area (Å²) < 4.78 is 5.64. The Balaban J connectivity index is 3.54. The third-order valence-corrected chi connectivity index (χ3v) is 3.31. The van der Waals surface area contributed by atoms with E-state index in [0.717, 1.165) is 19.3 Å². The van der Waals surface area contributed by atoms with Gasteiger partial charge < -0.3 is 4.74 Å². The van der Waals surface area contributed by atoms with Crippen LogP contribution in [0.15, 0.2) is 4.99 Å². The van der Waals surface area contributed by atoms with E-state index in [9.17, 15) is 4.79 Å². The number of aliphatic imine (C=N–C) groups is 1. The van der Waals surface area contributed by atoms with Crippen LogP contribution in [-0.4, -0.2) is 18.9 Å². The van der Waals surface area contributed by atoms with E-state index in [1.807, 2.05) is 0 Å². The number of hydrogen-bond acceptors (Lipinski definition) is 3. The van der Waals surface area contributed by atoms with Gasteiger partial charge in [0.1, 0.15) is 0 Å². The molecule has 0 aromatic rings. The second-order valence-corrected chi connectivity index (χ2v) is 5.16. The van der Waals surface area contributed by atoms with Crippen LogP contribution >= 0.6 is 0 Å². The summed E-state index contributed by atoms with van der Waals surface area (Å²) in [6.07, 6.45) is 14.5. The summed E-state index contributed by atoms with van der Waals surface area (Å²) in [5.74, 6) is 0. The topological polar surface area (TPSA) is 38.7 Å². The molecule has 0 N–H and O–H groups in total. The van der Waals surface area contributed by atoms with E-state index in [1.54, 1.807) is 6.08 Å². The molecule has 0 saturated carbocycles. The first kappa shape index (κ1) is 18.3. The lowest BCUT2D eigenvalue weighted by Crippen LogP contribution is -2.11. The third-order valence-electron chi connectivity index (χ3n) is 3.31. The lowest BCUT2D eigenvalue weighted by Gasteiger charge is -2.12. The summed E-state index contributed by atoms with van der Waals surface area (Å²) in [4.78, 5) is 14.1. The summed E-state index contributed by atoms with van der Waals surface area (Å²) in [7, 11) is 0. The Kier molecular flexibility index (Phi) is 14.9. The van der Waals surface area contributed by atoms with Crippen LogP contribution in [0.5, 0.6) is 0 Å². The van der Waals surface area contributed by atoms with Gasteiger partial charge in [0.05, 0.1) is 0 Å². The number of unbranched alkanes of at least 4 members (excludes halogenated alkanes) is 8. The average Bonchev–Trinajstić information content (AvgIpc) is 2.42. The lowest BCUT2D eigenvalue weighted by molar-refractivity contribution is 0.0492. The fourth-order valence-electron chi connectivity index (χ4n) is 2.09. The molecule has 112 valence electrons. The molecule has 0 aliphatic heterocycles. The van der Waals surface area contributed by atoms with Gasteiger partial charge in [-0.15, -0.1) is 0 Å². The van der Waals surface area contributed by atoms with E-state index in [-0.39, 0.29) is 6.23 Å². The Labute approximate surface area is 118 Å². The molecule has 0 aliphatic carbocycles. The number of nitrogens with zero attached hydrogens (tertiary/aromatic N) is 1. The van der Waals surface area contributed by atoms with E-state index < -0.39 is 0 Å². The molecular formula is C16H31NO2. The zero-order valence-electron chi connectivity index (χ0n) is 12.8. The number of isocyanates is 1. The molecule has 0 amide bonds. The van der Waals surface area contributed by atoms with E-state index >= 15 is 0 Å². The minimum atomic E-state index is -0.259. The fraction of sp³-hybridized carbons (Fsp3) is 0.938. The molecule has 3 heteroatoms. The van der Waals surface area contributed by atoms with Crippen LogP contribution in [-0.2, 0) is 9.53 Å². The van der Waals surface area contributed by atoms with E-state index in [1.165, 1.54) is 51.4 Å². The van der Waals surface area contributed by atoms with E-state index in [2.05, 4.69) is 18.8 Å². The number of rotatable bonds is 14. The standard InChI is InChI=1S/C16H31NO2/c1-3-5-7-9-11-13-16(17-15-18)19-14-12-10-8-6-4-2/h16H,3-14H2,1-2H3. The van der Waals surface area contributed by atoms with E-state index in [4.69, 9.17) is 4.74 Å². The maximum absolute atomic E-state index is 10.4. The first-order chi connectivity index (χ1) is 9.35. The van der Waals surface area contributed by atoms with Gasteiger partial charge in [0.15, 0.2) is 6.23 Å². The summed E-state index contributed by atoms with van der Waals surface area (Å²) in [5.41, 5.74) is 0. The minimum absolute atomic E-state index is 0.259. The molecule has 1 unspecified atom stereocenters. The Morgan fingerprint density at radius 1 is 0.895 bits per heavy atom. The Morgan fingerprint density at radius 3 is 2.05 bits per heavy atom. The highest BCUT2D eigenvalue weighted by Gasteiger charge is 2.06. The van der Waals surface area contributed by atoms with Gasteiger partial charge in [-0.25, -0.2) is 4.79 Å². The molecule has 3 nitrogen and oxygen atoms in total. The average molecular weight is 269 g/mol. The first-order valence-electron chi connectivity index (χ1n) is 8.03. The summed E-state index contributed by atoms with van der Waals surface area (Å²) in [6.45, 7) is 5.14. The highest BCUT2D eigenvalue weighted by molar-refractivity contribution is 5.33. The van der Waals surface area contributed by atoms with Crippen LogP contribution in [0.2, 0.25) is 0 Å². The zero-order chi connectivity index (χ0) is 14.2. The minimum Gasteiger partial charge on any atom is -0.356 e. The van der Waals surface area contributed by atoms with Crippen LogP contribution in [0, 0.1) is 0 Å². The van der Waals surface area contributed by atoms with Crippen LogP contribution in [0.1, 0.15) is 84.5 Å². The highest BCUT2D eigenvalue weighted by Crippen LogP contribution is 2.11. The number of ether oxygens (including phenoxy) is 1. The Hall–Kier alpha value is -0.660. The van der Waals surface area contributed by atoms with Crippen molar-refractivity contribution >= 4 is 6.08 Å². The largest absolute Gasteiger partial charge is 0.356 e. The highest BCUT2D eigenvalue weighted by atomic mass is 16.5. The molecule has 0 spiro atoms. The maximum Gasteiger partial charge on any atom is 0.237 e. The predicted molar refractivity (Wildman–Crippen MR) is 80.0 cm³/mol. The second-order valence-electron chi connectivity index (χ2n) is 5.16. The quantitative estimate of drug-likeness (QED) is 0.253. The zero-order valence-corrected chi connectivity index (χ0v) is 12.8. The fourth-order valence-corrected chi connectivity index (χ4v) is 2.09. The van der Waals surface area contributed by atoms with E-state index in [0.29, 0.717) is 6.61 Å². The van der Waals surface area contributed by atoms with Crippen molar-refractivity contribution in [2.24, 2.45) is 4.99 Å². The Bertz CT molecular complexity index is 225. The Morgan fingerprint density at radius 2 is 1.47 bits per heavy atom. The summed E-state index contributed by atoms with van der Waals surface area (Å²) in [6, 6.07) is 0.